The second-order valence-corrected chi connectivity index (χ2v) is 12.8. The number of benzene rings is 1. The average Bonchev–Trinajstić information content (AvgIpc) is 3.49. The zero-order valence-electron chi connectivity index (χ0n) is 20.1. The Morgan fingerprint density at radius 3 is 2.30 bits per heavy atom. The summed E-state index contributed by atoms with van der Waals surface area (Å²) in [5.41, 5.74) is 1.69. The molecule has 0 aromatic heterocycles. The summed E-state index contributed by atoms with van der Waals surface area (Å²) in [6.07, 6.45) is 2.66. The van der Waals surface area contributed by atoms with E-state index < -0.39 is 26.3 Å². The van der Waals surface area contributed by atoms with Crippen molar-refractivity contribution in [1.82, 2.24) is 0 Å². The third-order valence-corrected chi connectivity index (χ3v) is 10.3. The molecule has 5 heteroatoms. The number of sulfone groups is 1. The minimum atomic E-state index is -3.68. The molecule has 0 N–H and O–H groups in total. The Bertz CT molecular complexity index is 1020. The van der Waals surface area contributed by atoms with Crippen LogP contribution in [0, 0.1) is 6.92 Å². The average molecular weight is 532 g/mol. The van der Waals surface area contributed by atoms with Gasteiger partial charge in [0.2, 0.25) is 0 Å². The van der Waals surface area contributed by atoms with E-state index in [1.807, 2.05) is 49.4 Å². The number of rotatable bonds is 5. The first-order valence-electron chi connectivity index (χ1n) is 11.5. The first-order chi connectivity index (χ1) is 15.2. The summed E-state index contributed by atoms with van der Waals surface area (Å²) in [5, 5.41) is 0.0829. The maximum atomic E-state index is 13.5. The monoisotopic (exact) mass is 533 g/mol. The smallest absolute Gasteiger partial charge is 0.214 e. The van der Waals surface area contributed by atoms with E-state index in [0.29, 0.717) is 12.0 Å². The van der Waals surface area contributed by atoms with Crippen molar-refractivity contribution in [3.8, 4) is 0 Å². The van der Waals surface area contributed by atoms with Crippen LogP contribution >= 0.6 is 0 Å². The zero-order chi connectivity index (χ0) is 23.2. The van der Waals surface area contributed by atoms with Crippen LogP contribution in [0.3, 0.4) is 0 Å². The fourth-order valence-electron chi connectivity index (χ4n) is 3.54. The van der Waals surface area contributed by atoms with E-state index in [1.165, 1.54) is 0 Å². The molecule has 1 aliphatic heterocycles. The predicted octanol–water partition coefficient (Wildman–Crippen LogP) is 6.51. The molecule has 0 radical (unpaired) electrons. The van der Waals surface area contributed by atoms with Crippen molar-refractivity contribution in [2.45, 2.75) is 59.2 Å². The SMILES string of the molecule is [2H]C([2H])([2H])C1(CC([c-]2cccc2)S(=O)(=O)c2ccc(C)cc2)CCCC[Se]1.[Fe+2].c1cc[cH-]c1. The van der Waals surface area contributed by atoms with Crippen molar-refractivity contribution in [3.05, 3.63) is 90.0 Å². The number of aryl methyl sites for hydroxylation is 1. The molecule has 0 aliphatic carbocycles. The molecule has 1 saturated heterocycles. The van der Waals surface area contributed by atoms with Crippen molar-refractivity contribution >= 4 is 24.8 Å². The van der Waals surface area contributed by atoms with E-state index in [4.69, 9.17) is 4.11 Å². The Labute approximate surface area is 203 Å². The molecule has 30 heavy (non-hydrogen) atoms. The van der Waals surface area contributed by atoms with Gasteiger partial charge in [0.05, 0.1) is 0 Å². The Kier molecular flexibility index (Phi) is 7.97. The molecule has 3 aromatic carbocycles. The topological polar surface area (TPSA) is 34.1 Å². The Morgan fingerprint density at radius 1 is 1.13 bits per heavy atom. The van der Waals surface area contributed by atoms with Gasteiger partial charge in [0, 0.05) is 0 Å². The molecular weight excluding hydrogens is 499 g/mol. The van der Waals surface area contributed by atoms with Gasteiger partial charge >= 0.3 is 173 Å². The van der Waals surface area contributed by atoms with Crippen LogP contribution in [-0.4, -0.2) is 23.4 Å². The van der Waals surface area contributed by atoms with Crippen molar-refractivity contribution in [1.29, 1.82) is 0 Å². The van der Waals surface area contributed by atoms with Crippen molar-refractivity contribution < 1.29 is 29.6 Å². The Balaban J connectivity index is 0.000000568. The molecule has 0 bridgehead atoms. The molecule has 2 atom stereocenters. The van der Waals surface area contributed by atoms with Gasteiger partial charge in [0.1, 0.15) is 0 Å². The predicted molar refractivity (Wildman–Crippen MR) is 123 cm³/mol. The van der Waals surface area contributed by atoms with Gasteiger partial charge in [0.15, 0.2) is 0 Å². The summed E-state index contributed by atoms with van der Waals surface area (Å²) < 4.78 is 50.7. The summed E-state index contributed by atoms with van der Waals surface area (Å²) in [6.45, 7) is -0.222. The van der Waals surface area contributed by atoms with Crippen LogP contribution in [0.5, 0.6) is 0 Å². The first kappa shape index (κ1) is 20.8. The zero-order valence-corrected chi connectivity index (χ0v) is 20.7. The second kappa shape index (κ2) is 11.5. The van der Waals surface area contributed by atoms with Crippen LogP contribution < -0.4 is 0 Å². The number of hydrogen-bond donors (Lipinski definition) is 0. The summed E-state index contributed by atoms with van der Waals surface area (Å²) in [5.74, 6) is 0. The van der Waals surface area contributed by atoms with Gasteiger partial charge in [-0.15, -0.1) is 0 Å². The quantitative estimate of drug-likeness (QED) is 0.278. The van der Waals surface area contributed by atoms with Gasteiger partial charge in [-0.25, -0.2) is 12.1 Å². The minimum absolute atomic E-state index is 0. The molecular formula is C25H30FeO2SSe. The van der Waals surface area contributed by atoms with E-state index in [0.717, 1.165) is 23.7 Å². The Morgan fingerprint density at radius 2 is 1.80 bits per heavy atom. The van der Waals surface area contributed by atoms with E-state index in [9.17, 15) is 8.42 Å². The largest absolute Gasteiger partial charge is 2.00 e. The van der Waals surface area contributed by atoms with Crippen LogP contribution in [0.15, 0.2) is 83.8 Å². The minimum Gasteiger partial charge on any atom is -0.214 e. The number of hydrogen-bond acceptors (Lipinski definition) is 2. The van der Waals surface area contributed by atoms with Crippen LogP contribution in [0.2, 0.25) is 9.63 Å². The van der Waals surface area contributed by atoms with E-state index >= 15 is 0 Å². The van der Waals surface area contributed by atoms with Gasteiger partial charge < -0.3 is 0 Å². The molecule has 0 spiro atoms. The molecule has 4 rings (SSSR count). The molecule has 1 aliphatic rings. The van der Waals surface area contributed by atoms with Crippen LogP contribution in [0.1, 0.15) is 53.0 Å². The third-order valence-electron chi connectivity index (χ3n) is 5.21. The molecule has 162 valence electrons. The van der Waals surface area contributed by atoms with Gasteiger partial charge in [0.25, 0.3) is 0 Å². The molecule has 0 amide bonds. The molecule has 3 aromatic rings. The molecule has 2 nitrogen and oxygen atoms in total. The molecule has 0 saturated carbocycles. The maximum Gasteiger partial charge on any atom is 2.00 e. The summed E-state index contributed by atoms with van der Waals surface area (Å²) in [6, 6.07) is 24.1. The van der Waals surface area contributed by atoms with Crippen LogP contribution in [-0.2, 0) is 26.9 Å². The van der Waals surface area contributed by atoms with Gasteiger partial charge in [-0.05, 0) is 0 Å². The van der Waals surface area contributed by atoms with Crippen LogP contribution in [0.4, 0.5) is 0 Å². The standard InChI is InChI=1S/C20H25O2SSe.C5H5.Fe/c1-16-9-11-18(12-10-16)23(21,22)19(17-7-3-4-8-17)15-20(2)13-5-6-14-24-20;1-2-4-5-3-1;/h3-4,7-12,19H,5-6,13-15H2,1-2H3;1-5H;/q2*-1;+2/i2D3;;. The van der Waals surface area contributed by atoms with Gasteiger partial charge in [-0.2, -0.15) is 18.2 Å². The van der Waals surface area contributed by atoms with Crippen molar-refractivity contribution in [3.63, 3.8) is 0 Å². The second-order valence-electron chi connectivity index (χ2n) is 7.53. The van der Waals surface area contributed by atoms with Crippen LogP contribution in [0.25, 0.3) is 0 Å². The first-order valence-corrected chi connectivity index (χ1v) is 13.6. The third kappa shape index (κ3) is 6.70. The fraction of sp³-hybridized carbons (Fsp3) is 0.360. The van der Waals surface area contributed by atoms with E-state index in [-0.39, 0.29) is 43.3 Å². The maximum absolute atomic E-state index is 13.5. The summed E-state index contributed by atoms with van der Waals surface area (Å²) in [7, 11) is -3.68. The van der Waals surface area contributed by atoms with Gasteiger partial charge in [-0.1, -0.05) is 0 Å². The molecule has 1 heterocycles. The normalized spacial score (nSPS) is 21.7. The van der Waals surface area contributed by atoms with Gasteiger partial charge in [-0.3, -0.25) is 0 Å². The summed E-state index contributed by atoms with van der Waals surface area (Å²) in [4.78, 5) is 0.267. The molecule has 1 fully saturated rings. The van der Waals surface area contributed by atoms with E-state index in [2.05, 4.69) is 0 Å². The van der Waals surface area contributed by atoms with Crippen molar-refractivity contribution in [2.75, 3.05) is 0 Å². The fourth-order valence-corrected chi connectivity index (χ4v) is 8.39. The van der Waals surface area contributed by atoms with E-state index in [1.54, 1.807) is 36.4 Å². The Hall–Kier alpha value is -1.09. The van der Waals surface area contributed by atoms with Crippen molar-refractivity contribution in [2.24, 2.45) is 0 Å². The summed E-state index contributed by atoms with van der Waals surface area (Å²) >= 11 is -0.0931. The molecule has 2 unspecified atom stereocenters.